The van der Waals surface area contributed by atoms with Crippen molar-refractivity contribution < 1.29 is 9.13 Å². The summed E-state index contributed by atoms with van der Waals surface area (Å²) in [7, 11) is 0. The zero-order chi connectivity index (χ0) is 16.5. The Kier molecular flexibility index (Phi) is 3.66. The molecule has 118 valence electrons. The van der Waals surface area contributed by atoms with Gasteiger partial charge in [0.25, 0.3) is 0 Å². The molecule has 0 N–H and O–H groups in total. The number of thiazole rings is 1. The van der Waals surface area contributed by atoms with E-state index in [9.17, 15) is 4.39 Å². The molecule has 0 aliphatic heterocycles. The van der Waals surface area contributed by atoms with Crippen molar-refractivity contribution in [3.05, 3.63) is 65.0 Å². The van der Waals surface area contributed by atoms with Crippen LogP contribution in [-0.4, -0.2) is 15.0 Å². The maximum Gasteiger partial charge on any atom is 0.230 e. The van der Waals surface area contributed by atoms with Gasteiger partial charge < -0.3 is 4.74 Å². The monoisotopic (exact) mass is 337 g/mol. The third-order valence-corrected chi connectivity index (χ3v) is 4.33. The Balaban J connectivity index is 1.69. The molecule has 4 rings (SSSR count). The average Bonchev–Trinajstić information content (AvgIpc) is 3.03. The maximum absolute atomic E-state index is 14.4. The third-order valence-electron chi connectivity index (χ3n) is 3.56. The van der Waals surface area contributed by atoms with E-state index in [0.717, 1.165) is 27.2 Å². The number of para-hydroxylation sites is 1. The highest BCUT2D eigenvalue weighted by Crippen LogP contribution is 2.31. The first kappa shape index (κ1) is 14.7. The molecule has 0 fully saturated rings. The lowest BCUT2D eigenvalue weighted by Gasteiger charge is -2.08. The quantitative estimate of drug-likeness (QED) is 0.528. The fourth-order valence-electron chi connectivity index (χ4n) is 2.40. The summed E-state index contributed by atoms with van der Waals surface area (Å²) in [5.74, 6) is -0.00727. The molecular formula is C18H12FN3OS. The largest absolute Gasteiger partial charge is 0.435 e. The molecule has 6 heteroatoms. The van der Waals surface area contributed by atoms with Crippen molar-refractivity contribution in [1.82, 2.24) is 15.0 Å². The van der Waals surface area contributed by atoms with Crippen LogP contribution in [0, 0.1) is 12.7 Å². The van der Waals surface area contributed by atoms with Crippen LogP contribution in [0.2, 0.25) is 0 Å². The first-order valence-corrected chi connectivity index (χ1v) is 8.18. The van der Waals surface area contributed by atoms with Gasteiger partial charge in [0.05, 0.1) is 21.6 Å². The summed E-state index contributed by atoms with van der Waals surface area (Å²) in [6.45, 7) is 1.92. The van der Waals surface area contributed by atoms with E-state index in [1.165, 1.54) is 23.7 Å². The van der Waals surface area contributed by atoms with E-state index in [1.54, 1.807) is 12.1 Å². The lowest BCUT2D eigenvalue weighted by Crippen LogP contribution is -1.94. The molecule has 24 heavy (non-hydrogen) atoms. The minimum absolute atomic E-state index is 0.120. The van der Waals surface area contributed by atoms with Gasteiger partial charge in [0.1, 0.15) is 6.33 Å². The highest BCUT2D eigenvalue weighted by Gasteiger charge is 2.12. The molecule has 2 heterocycles. The minimum Gasteiger partial charge on any atom is -0.435 e. The van der Waals surface area contributed by atoms with Gasteiger partial charge in [-0.3, -0.25) is 0 Å². The zero-order valence-corrected chi connectivity index (χ0v) is 13.5. The number of hydrogen-bond acceptors (Lipinski definition) is 5. The van der Waals surface area contributed by atoms with Crippen LogP contribution in [0.4, 0.5) is 4.39 Å². The molecule has 2 aromatic heterocycles. The zero-order valence-electron chi connectivity index (χ0n) is 12.7. The van der Waals surface area contributed by atoms with Gasteiger partial charge in [-0.05, 0) is 37.3 Å². The molecule has 0 saturated heterocycles. The third kappa shape index (κ3) is 2.72. The Morgan fingerprint density at radius 1 is 1.08 bits per heavy atom. The molecule has 0 amide bonds. The van der Waals surface area contributed by atoms with Crippen molar-refractivity contribution in [2.75, 3.05) is 0 Å². The summed E-state index contributed by atoms with van der Waals surface area (Å²) in [6, 6.07) is 12.2. The second-order valence-corrected chi connectivity index (χ2v) is 6.26. The van der Waals surface area contributed by atoms with Gasteiger partial charge in [0.2, 0.25) is 5.88 Å². The number of nitrogens with zero attached hydrogens (tertiary/aromatic N) is 3. The van der Waals surface area contributed by atoms with Crippen molar-refractivity contribution in [1.29, 1.82) is 0 Å². The molecular weight excluding hydrogens is 325 g/mol. The van der Waals surface area contributed by atoms with Gasteiger partial charge in [-0.25, -0.2) is 19.3 Å². The van der Waals surface area contributed by atoms with E-state index in [1.807, 2.05) is 36.6 Å². The second-order valence-electron chi connectivity index (χ2n) is 5.19. The summed E-state index contributed by atoms with van der Waals surface area (Å²) in [4.78, 5) is 12.7. The van der Waals surface area contributed by atoms with Gasteiger partial charge in [-0.15, -0.1) is 11.3 Å². The lowest BCUT2D eigenvalue weighted by molar-refractivity contribution is 0.432. The van der Waals surface area contributed by atoms with E-state index in [-0.39, 0.29) is 5.75 Å². The fraction of sp³-hybridized carbons (Fsp3) is 0.0556. The number of aromatic nitrogens is 3. The Bertz CT molecular complexity index is 1030. The summed E-state index contributed by atoms with van der Waals surface area (Å²) in [5, 5.41) is 3.58. The number of halogens is 1. The number of hydrogen-bond donors (Lipinski definition) is 0. The predicted octanol–water partition coefficient (Wildman–Crippen LogP) is 4.99. The maximum atomic E-state index is 14.4. The smallest absolute Gasteiger partial charge is 0.230 e. The molecule has 0 aliphatic carbocycles. The fourth-order valence-corrected chi connectivity index (χ4v) is 3.03. The van der Waals surface area contributed by atoms with E-state index in [0.29, 0.717) is 5.88 Å². The van der Waals surface area contributed by atoms with Crippen LogP contribution < -0.4 is 4.74 Å². The van der Waals surface area contributed by atoms with E-state index >= 15 is 0 Å². The van der Waals surface area contributed by atoms with Gasteiger partial charge in [0, 0.05) is 10.9 Å². The van der Waals surface area contributed by atoms with Gasteiger partial charge >= 0.3 is 0 Å². The average molecular weight is 337 g/mol. The Labute approximate surface area is 141 Å². The molecule has 0 radical (unpaired) electrons. The number of ether oxygens (including phenoxy) is 1. The minimum atomic E-state index is -0.458. The van der Waals surface area contributed by atoms with Crippen LogP contribution >= 0.6 is 11.3 Å². The Morgan fingerprint density at radius 3 is 2.75 bits per heavy atom. The molecule has 4 aromatic rings. The summed E-state index contributed by atoms with van der Waals surface area (Å²) in [6.07, 6.45) is 1.40. The normalized spacial score (nSPS) is 10.9. The van der Waals surface area contributed by atoms with Crippen LogP contribution in [-0.2, 0) is 0 Å². The first-order chi connectivity index (χ1) is 11.7. The van der Waals surface area contributed by atoms with Gasteiger partial charge in [-0.1, -0.05) is 12.1 Å². The van der Waals surface area contributed by atoms with Gasteiger partial charge in [0.15, 0.2) is 11.6 Å². The van der Waals surface area contributed by atoms with Crippen molar-refractivity contribution >= 4 is 22.2 Å². The van der Waals surface area contributed by atoms with Crippen molar-refractivity contribution in [3.63, 3.8) is 0 Å². The molecule has 0 saturated carbocycles. The first-order valence-electron chi connectivity index (χ1n) is 7.30. The topological polar surface area (TPSA) is 47.9 Å². The van der Waals surface area contributed by atoms with Crippen LogP contribution in [0.5, 0.6) is 11.6 Å². The van der Waals surface area contributed by atoms with Crippen molar-refractivity contribution in [2.24, 2.45) is 0 Å². The van der Waals surface area contributed by atoms with Crippen LogP contribution in [0.15, 0.2) is 54.2 Å². The van der Waals surface area contributed by atoms with Gasteiger partial charge in [-0.2, -0.15) is 0 Å². The number of aryl methyl sites for hydroxylation is 1. The molecule has 0 atom stereocenters. The van der Waals surface area contributed by atoms with Crippen molar-refractivity contribution in [3.8, 4) is 22.9 Å². The van der Waals surface area contributed by atoms with E-state index in [4.69, 9.17) is 4.74 Å². The van der Waals surface area contributed by atoms with Crippen LogP contribution in [0.1, 0.15) is 5.01 Å². The number of rotatable bonds is 3. The molecule has 0 bridgehead atoms. The molecule has 0 aliphatic rings. The van der Waals surface area contributed by atoms with Crippen molar-refractivity contribution in [2.45, 2.75) is 6.92 Å². The van der Waals surface area contributed by atoms with Crippen LogP contribution in [0.25, 0.3) is 22.2 Å². The number of fused-ring (bicyclic) bond motifs is 1. The molecule has 0 unspecified atom stereocenters. The standard InChI is InChI=1S/C18H12FN3OS/c1-11-22-16(9-24-11)12-6-7-17(14(19)8-12)23-18-13-4-2-3-5-15(13)20-10-21-18/h2-10H,1H3. The predicted molar refractivity (Wildman–Crippen MR) is 91.9 cm³/mol. The Morgan fingerprint density at radius 2 is 1.96 bits per heavy atom. The molecule has 4 nitrogen and oxygen atoms in total. The highest BCUT2D eigenvalue weighted by molar-refractivity contribution is 7.09. The number of benzene rings is 2. The molecule has 2 aromatic carbocycles. The summed E-state index contributed by atoms with van der Waals surface area (Å²) < 4.78 is 20.1. The molecule has 0 spiro atoms. The Hall–Kier alpha value is -2.86. The highest BCUT2D eigenvalue weighted by atomic mass is 32.1. The van der Waals surface area contributed by atoms with E-state index < -0.39 is 5.82 Å². The summed E-state index contributed by atoms with van der Waals surface area (Å²) >= 11 is 1.53. The van der Waals surface area contributed by atoms with E-state index in [2.05, 4.69) is 15.0 Å². The van der Waals surface area contributed by atoms with Crippen LogP contribution in [0.3, 0.4) is 0 Å². The lowest BCUT2D eigenvalue weighted by atomic mass is 10.1. The SMILES string of the molecule is Cc1nc(-c2ccc(Oc3ncnc4ccccc34)c(F)c2)cs1. The second kappa shape index (κ2) is 5.98. The summed E-state index contributed by atoms with van der Waals surface area (Å²) in [5.41, 5.74) is 2.23.